The SMILES string of the molecule is c1ccc(N2c3ccccc3B3c4ccccc4N4c5ccccc5B5c6cc7c(cc6Oc6cc2c3c4c65)N(c2ccccc2)c2cc3c4c5c2B7c2ccccc2N5c2ccccc2B4c2ccccc2N3c2ccccc2)cc1. The monoisotopic (exact) mass is 1040 g/mol. The van der Waals surface area contributed by atoms with Gasteiger partial charge >= 0.3 is 0 Å². The van der Waals surface area contributed by atoms with E-state index in [0.717, 1.165) is 39.9 Å². The first-order valence-corrected chi connectivity index (χ1v) is 28.7. The lowest BCUT2D eigenvalue weighted by atomic mass is 9.27. The number of fused-ring (bicyclic) bond motifs is 20. The second-order valence-electron chi connectivity index (χ2n) is 23.0. The number of rotatable bonds is 3. The van der Waals surface area contributed by atoms with Crippen molar-refractivity contribution in [1.82, 2.24) is 0 Å². The predicted molar refractivity (Wildman–Crippen MR) is 345 cm³/mol. The third-order valence-corrected chi connectivity index (χ3v) is 19.2. The fourth-order valence-corrected chi connectivity index (χ4v) is 16.3. The Bertz CT molecular complexity index is 4810. The van der Waals surface area contributed by atoms with Gasteiger partial charge in [0, 0.05) is 97.4 Å². The largest absolute Gasteiger partial charge is 0.458 e. The van der Waals surface area contributed by atoms with Crippen LogP contribution in [0.2, 0.25) is 0 Å². The molecule has 0 saturated carbocycles. The maximum absolute atomic E-state index is 7.77. The Balaban J connectivity index is 0.894. The summed E-state index contributed by atoms with van der Waals surface area (Å²) in [6.07, 6.45) is 0. The van der Waals surface area contributed by atoms with Crippen molar-refractivity contribution in [2.75, 3.05) is 24.5 Å². The Kier molecular flexibility index (Phi) is 8.36. The molecule has 10 heteroatoms. The van der Waals surface area contributed by atoms with Gasteiger partial charge in [-0.2, -0.15) is 0 Å². The molecular formula is C72H43B4N5O. The van der Waals surface area contributed by atoms with Crippen molar-refractivity contribution in [3.63, 3.8) is 0 Å². The summed E-state index contributed by atoms with van der Waals surface area (Å²) in [6.45, 7) is -0.217. The van der Waals surface area contributed by atoms with Crippen LogP contribution in [-0.2, 0) is 0 Å². The molecule has 8 aliphatic rings. The molecule has 0 saturated heterocycles. The Morgan fingerprint density at radius 3 is 0.902 bits per heavy atom. The molecule has 0 aromatic heterocycles. The van der Waals surface area contributed by atoms with Gasteiger partial charge in [0.25, 0.3) is 26.9 Å². The van der Waals surface area contributed by atoms with Gasteiger partial charge in [-0.15, -0.1) is 0 Å². The van der Waals surface area contributed by atoms with Crippen LogP contribution >= 0.6 is 0 Å². The molecule has 0 N–H and O–H groups in total. The highest BCUT2D eigenvalue weighted by Crippen LogP contribution is 2.52. The minimum atomic E-state index is -0.124. The minimum absolute atomic E-state index is 0.00756. The molecule has 12 aromatic carbocycles. The molecule has 8 aliphatic heterocycles. The van der Waals surface area contributed by atoms with Crippen molar-refractivity contribution >= 4 is 178 Å². The van der Waals surface area contributed by atoms with E-state index in [4.69, 9.17) is 4.74 Å². The van der Waals surface area contributed by atoms with Crippen LogP contribution in [0.1, 0.15) is 0 Å². The summed E-state index contributed by atoms with van der Waals surface area (Å²) >= 11 is 0. The Hall–Kier alpha value is -10.3. The molecule has 20 rings (SSSR count). The molecule has 12 aromatic rings. The number of hydrogen-bond donors (Lipinski definition) is 0. The van der Waals surface area contributed by atoms with Crippen molar-refractivity contribution in [3.05, 3.63) is 261 Å². The van der Waals surface area contributed by atoms with E-state index in [1.165, 1.54) is 122 Å². The molecule has 374 valence electrons. The van der Waals surface area contributed by atoms with Crippen LogP contribution in [0.3, 0.4) is 0 Å². The van der Waals surface area contributed by atoms with Gasteiger partial charge in [0.05, 0.1) is 0 Å². The lowest BCUT2D eigenvalue weighted by Gasteiger charge is -2.51. The zero-order chi connectivity index (χ0) is 53.1. The first-order valence-electron chi connectivity index (χ1n) is 28.7. The Morgan fingerprint density at radius 2 is 0.500 bits per heavy atom. The van der Waals surface area contributed by atoms with Gasteiger partial charge in [0.2, 0.25) is 0 Å². The molecule has 0 atom stereocenters. The molecule has 0 bridgehead atoms. The van der Waals surface area contributed by atoms with Gasteiger partial charge in [0.15, 0.2) is 0 Å². The van der Waals surface area contributed by atoms with E-state index in [-0.39, 0.29) is 26.9 Å². The zero-order valence-electron chi connectivity index (χ0n) is 44.3. The lowest BCUT2D eigenvalue weighted by molar-refractivity contribution is 0.488. The van der Waals surface area contributed by atoms with Crippen molar-refractivity contribution in [1.29, 1.82) is 0 Å². The van der Waals surface area contributed by atoms with E-state index in [9.17, 15) is 0 Å². The van der Waals surface area contributed by atoms with E-state index >= 15 is 0 Å². The molecule has 0 spiro atoms. The molecule has 0 amide bonds. The van der Waals surface area contributed by atoms with Gasteiger partial charge in [-0.1, -0.05) is 170 Å². The molecule has 0 radical (unpaired) electrons. The van der Waals surface area contributed by atoms with E-state index in [2.05, 4.69) is 285 Å². The minimum Gasteiger partial charge on any atom is -0.458 e. The normalized spacial score (nSPS) is 14.7. The second kappa shape index (κ2) is 15.7. The smallest absolute Gasteiger partial charge is 0.256 e. The Labute approximate surface area is 476 Å². The van der Waals surface area contributed by atoms with E-state index in [1.54, 1.807) is 0 Å². The Morgan fingerprint density at radius 1 is 0.207 bits per heavy atom. The zero-order valence-corrected chi connectivity index (χ0v) is 44.3. The highest BCUT2D eigenvalue weighted by molar-refractivity contribution is 7.07. The molecule has 0 aliphatic carbocycles. The highest BCUT2D eigenvalue weighted by atomic mass is 16.5. The summed E-state index contributed by atoms with van der Waals surface area (Å²) in [7, 11) is 0. The van der Waals surface area contributed by atoms with Gasteiger partial charge in [-0.05, 0) is 144 Å². The highest BCUT2D eigenvalue weighted by Gasteiger charge is 2.55. The van der Waals surface area contributed by atoms with Gasteiger partial charge in [-0.3, -0.25) is 0 Å². The number of ether oxygens (including phenoxy) is 1. The van der Waals surface area contributed by atoms with Crippen molar-refractivity contribution in [3.8, 4) is 11.5 Å². The van der Waals surface area contributed by atoms with Crippen LogP contribution in [-0.4, -0.2) is 26.9 Å². The number of benzene rings is 12. The number of anilines is 15. The third kappa shape index (κ3) is 5.36. The molecule has 6 nitrogen and oxygen atoms in total. The number of nitrogens with zero attached hydrogens (tertiary/aromatic N) is 5. The topological polar surface area (TPSA) is 25.4 Å². The van der Waals surface area contributed by atoms with Crippen molar-refractivity contribution < 1.29 is 4.74 Å². The number of para-hydroxylation sites is 9. The maximum atomic E-state index is 7.77. The second-order valence-corrected chi connectivity index (χ2v) is 23.0. The average molecular weight is 1040 g/mol. The summed E-state index contributed by atoms with van der Waals surface area (Å²) in [5.74, 6) is 1.77. The van der Waals surface area contributed by atoms with Crippen molar-refractivity contribution in [2.45, 2.75) is 0 Å². The van der Waals surface area contributed by atoms with E-state index in [0.29, 0.717) is 0 Å². The van der Waals surface area contributed by atoms with E-state index < -0.39 is 0 Å². The van der Waals surface area contributed by atoms with E-state index in [1.807, 2.05) is 0 Å². The number of hydrogen-bond acceptors (Lipinski definition) is 6. The lowest BCUT2D eigenvalue weighted by Crippen LogP contribution is -2.70. The van der Waals surface area contributed by atoms with Gasteiger partial charge in [0.1, 0.15) is 11.5 Å². The maximum Gasteiger partial charge on any atom is 0.256 e. The fraction of sp³-hybridized carbons (Fsp3) is 0. The first-order chi connectivity index (χ1) is 40.8. The molecule has 0 fully saturated rings. The van der Waals surface area contributed by atoms with Crippen LogP contribution < -0.4 is 94.8 Å². The van der Waals surface area contributed by atoms with Crippen LogP contribution in [0.15, 0.2) is 261 Å². The van der Waals surface area contributed by atoms with Crippen LogP contribution in [0.25, 0.3) is 0 Å². The molecule has 82 heavy (non-hydrogen) atoms. The predicted octanol–water partition coefficient (Wildman–Crippen LogP) is 9.40. The van der Waals surface area contributed by atoms with Crippen LogP contribution in [0.4, 0.5) is 85.3 Å². The van der Waals surface area contributed by atoms with Crippen LogP contribution in [0, 0.1) is 0 Å². The first kappa shape index (κ1) is 43.6. The third-order valence-electron chi connectivity index (χ3n) is 19.2. The standard InChI is InChI=1S/C72H43B4N5O/c1-4-22-44(23-5-1)77-55-34-16-10-28-47(55)73-49-30-12-18-36-57(49)80-59-38-20-14-32-51(59)75-53-40-54-65(42-61(53)79(46-26-8-3-9-27-46)63-41-62(77)67(73)71(80)68(63)75)82-66-43-64-69-72-70(66)76(54)52-33-15-21-39-60(52)81(72)58-37-19-13-31-50(58)74(69)48-29-11-17-35-56(48)78(64)45-24-6-2-7-25-45/h1-43H. The summed E-state index contributed by atoms with van der Waals surface area (Å²) in [4.78, 5) is 12.8. The van der Waals surface area contributed by atoms with Gasteiger partial charge < -0.3 is 29.2 Å². The molecular weight excluding hydrogens is 994 g/mol. The van der Waals surface area contributed by atoms with Gasteiger partial charge in [-0.25, -0.2) is 0 Å². The summed E-state index contributed by atoms with van der Waals surface area (Å²) in [6, 6.07) is 97.8. The van der Waals surface area contributed by atoms with Crippen molar-refractivity contribution in [2.24, 2.45) is 0 Å². The molecule has 0 unspecified atom stereocenters. The quantitative estimate of drug-likeness (QED) is 0.164. The summed E-state index contributed by atoms with van der Waals surface area (Å²) < 4.78 is 7.77. The summed E-state index contributed by atoms with van der Waals surface area (Å²) in [5, 5.41) is 0. The fourth-order valence-electron chi connectivity index (χ4n) is 16.3. The van der Waals surface area contributed by atoms with Crippen LogP contribution in [0.5, 0.6) is 11.5 Å². The summed E-state index contributed by atoms with van der Waals surface area (Å²) in [5.41, 5.74) is 33.3. The molecule has 8 heterocycles. The average Bonchev–Trinajstić information content (AvgIpc) is 1.13.